The Bertz CT molecular complexity index is 479. The maximum Gasteiger partial charge on any atom is 0.315 e. The van der Waals surface area contributed by atoms with Gasteiger partial charge in [0.25, 0.3) is 0 Å². The van der Waals surface area contributed by atoms with Crippen LogP contribution in [0.5, 0.6) is 0 Å². The third-order valence-corrected chi connectivity index (χ3v) is 5.21. The largest absolute Gasteiger partial charge is 0.378 e. The Labute approximate surface area is 136 Å². The van der Waals surface area contributed by atoms with Crippen LogP contribution in [-0.2, 0) is 4.74 Å². The first-order valence-corrected chi connectivity index (χ1v) is 9.13. The molecule has 5 heteroatoms. The molecule has 120 valence electrons. The van der Waals surface area contributed by atoms with E-state index in [1.165, 1.54) is 17.7 Å². The van der Waals surface area contributed by atoms with Crippen molar-refractivity contribution in [2.24, 2.45) is 5.92 Å². The minimum absolute atomic E-state index is 0.0462. The molecule has 0 aromatic heterocycles. The lowest BCUT2D eigenvalue weighted by atomic mass is 10.0. The lowest BCUT2D eigenvalue weighted by molar-refractivity contribution is -0.00912. The van der Waals surface area contributed by atoms with Crippen molar-refractivity contribution in [1.29, 1.82) is 0 Å². The second kappa shape index (κ2) is 7.88. The number of nitrogens with one attached hydrogen (secondary N) is 2. The Kier molecular flexibility index (Phi) is 5.62. The zero-order valence-corrected chi connectivity index (χ0v) is 13.6. The molecule has 0 radical (unpaired) electrons. The Balaban J connectivity index is 1.30. The van der Waals surface area contributed by atoms with Crippen LogP contribution in [0.2, 0.25) is 0 Å². The minimum Gasteiger partial charge on any atom is -0.378 e. The topological polar surface area (TPSA) is 50.4 Å². The summed E-state index contributed by atoms with van der Waals surface area (Å²) in [5.74, 6) is 1.63. The molecule has 2 N–H and O–H groups in total. The van der Waals surface area contributed by atoms with Gasteiger partial charge in [-0.25, -0.2) is 4.79 Å². The van der Waals surface area contributed by atoms with Crippen LogP contribution in [0.25, 0.3) is 0 Å². The van der Waals surface area contributed by atoms with Gasteiger partial charge in [0.1, 0.15) is 0 Å². The maximum absolute atomic E-state index is 11.9. The van der Waals surface area contributed by atoms with Crippen LogP contribution >= 0.6 is 11.8 Å². The molecule has 1 aliphatic heterocycles. The molecule has 2 fully saturated rings. The van der Waals surface area contributed by atoms with E-state index in [4.69, 9.17) is 4.74 Å². The van der Waals surface area contributed by atoms with E-state index < -0.39 is 0 Å². The zero-order chi connectivity index (χ0) is 15.2. The normalized spacial score (nSPS) is 24.7. The molecule has 2 aliphatic rings. The number of benzene rings is 1. The summed E-state index contributed by atoms with van der Waals surface area (Å²) in [6, 6.07) is 10.5. The molecule has 2 amide bonds. The Hall–Kier alpha value is -1.20. The van der Waals surface area contributed by atoms with Crippen molar-refractivity contribution in [2.45, 2.75) is 42.7 Å². The summed E-state index contributed by atoms with van der Waals surface area (Å²) >= 11 is 1.76. The van der Waals surface area contributed by atoms with E-state index in [0.29, 0.717) is 12.6 Å². The van der Waals surface area contributed by atoms with Gasteiger partial charge in [-0.1, -0.05) is 18.2 Å². The van der Waals surface area contributed by atoms with Crippen LogP contribution in [-0.4, -0.2) is 37.1 Å². The summed E-state index contributed by atoms with van der Waals surface area (Å²) in [5.41, 5.74) is 0. The summed E-state index contributed by atoms with van der Waals surface area (Å²) in [7, 11) is 0. The standard InChI is InChI=1S/C17H24N2O2S/c20-17(18-9-11-22-15-4-2-1-3-5-15)19-14-8-10-21-16(12-14)13-6-7-13/h1-5,13-14,16H,6-12H2,(H2,18,19,20)/t14-,16-/m0/s1. The quantitative estimate of drug-likeness (QED) is 0.626. The van der Waals surface area contributed by atoms with Gasteiger partial charge >= 0.3 is 6.03 Å². The molecule has 22 heavy (non-hydrogen) atoms. The van der Waals surface area contributed by atoms with Gasteiger partial charge < -0.3 is 15.4 Å². The molecule has 1 saturated carbocycles. The second-order valence-electron chi connectivity index (χ2n) is 6.03. The highest BCUT2D eigenvalue weighted by atomic mass is 32.2. The Morgan fingerprint density at radius 1 is 1.23 bits per heavy atom. The van der Waals surface area contributed by atoms with Crippen LogP contribution in [0.1, 0.15) is 25.7 Å². The number of rotatable bonds is 6. The van der Waals surface area contributed by atoms with E-state index in [-0.39, 0.29) is 12.1 Å². The first-order valence-electron chi connectivity index (χ1n) is 8.15. The number of carbonyl (C=O) groups excluding carboxylic acids is 1. The van der Waals surface area contributed by atoms with Crippen LogP contribution in [0.4, 0.5) is 4.79 Å². The molecule has 0 unspecified atom stereocenters. The van der Waals surface area contributed by atoms with Crippen molar-refractivity contribution < 1.29 is 9.53 Å². The third kappa shape index (κ3) is 4.92. The van der Waals surface area contributed by atoms with Crippen molar-refractivity contribution >= 4 is 17.8 Å². The monoisotopic (exact) mass is 320 g/mol. The fourth-order valence-electron chi connectivity index (χ4n) is 2.84. The maximum atomic E-state index is 11.9. The zero-order valence-electron chi connectivity index (χ0n) is 12.8. The Morgan fingerprint density at radius 2 is 2.05 bits per heavy atom. The molecule has 1 heterocycles. The average molecular weight is 320 g/mol. The summed E-state index contributed by atoms with van der Waals surface area (Å²) < 4.78 is 5.79. The van der Waals surface area contributed by atoms with Crippen molar-refractivity contribution in [3.05, 3.63) is 30.3 Å². The van der Waals surface area contributed by atoms with Gasteiger partial charge in [-0.2, -0.15) is 0 Å². The molecule has 1 aliphatic carbocycles. The number of urea groups is 1. The number of amides is 2. The molecular weight excluding hydrogens is 296 g/mol. The smallest absolute Gasteiger partial charge is 0.315 e. The van der Waals surface area contributed by atoms with E-state index >= 15 is 0 Å². The molecule has 0 bridgehead atoms. The number of hydrogen-bond acceptors (Lipinski definition) is 3. The lowest BCUT2D eigenvalue weighted by Crippen LogP contribution is -2.47. The van der Waals surface area contributed by atoms with Crippen molar-refractivity contribution in [1.82, 2.24) is 10.6 Å². The van der Waals surface area contributed by atoms with Gasteiger partial charge in [-0.3, -0.25) is 0 Å². The highest BCUT2D eigenvalue weighted by Gasteiger charge is 2.36. The number of thioether (sulfide) groups is 1. The van der Waals surface area contributed by atoms with E-state index in [2.05, 4.69) is 22.8 Å². The third-order valence-electron chi connectivity index (χ3n) is 4.20. The fraction of sp³-hybridized carbons (Fsp3) is 0.588. The van der Waals surface area contributed by atoms with Crippen molar-refractivity contribution in [3.63, 3.8) is 0 Å². The number of ether oxygens (including phenoxy) is 1. The van der Waals surface area contributed by atoms with Gasteiger partial charge in [-0.15, -0.1) is 11.8 Å². The number of hydrogen-bond donors (Lipinski definition) is 2. The van der Waals surface area contributed by atoms with Gasteiger partial charge in [-0.05, 0) is 43.7 Å². The highest BCUT2D eigenvalue weighted by molar-refractivity contribution is 7.99. The summed E-state index contributed by atoms with van der Waals surface area (Å²) in [6.45, 7) is 1.46. The van der Waals surface area contributed by atoms with Crippen molar-refractivity contribution in [2.75, 3.05) is 18.9 Å². The molecule has 2 atom stereocenters. The second-order valence-corrected chi connectivity index (χ2v) is 7.20. The van der Waals surface area contributed by atoms with Crippen LogP contribution < -0.4 is 10.6 Å². The van der Waals surface area contributed by atoms with E-state index in [0.717, 1.165) is 31.1 Å². The van der Waals surface area contributed by atoms with Gasteiger partial charge in [0.15, 0.2) is 0 Å². The van der Waals surface area contributed by atoms with Gasteiger partial charge in [0.05, 0.1) is 6.10 Å². The fourth-order valence-corrected chi connectivity index (χ4v) is 3.63. The molecule has 1 aromatic carbocycles. The van der Waals surface area contributed by atoms with E-state index in [1.54, 1.807) is 11.8 Å². The lowest BCUT2D eigenvalue weighted by Gasteiger charge is -2.30. The first-order chi connectivity index (χ1) is 10.8. The Morgan fingerprint density at radius 3 is 2.82 bits per heavy atom. The van der Waals surface area contributed by atoms with E-state index in [9.17, 15) is 4.79 Å². The molecule has 3 rings (SSSR count). The van der Waals surface area contributed by atoms with Gasteiger partial charge in [0.2, 0.25) is 0 Å². The first kappa shape index (κ1) is 15.7. The molecular formula is C17H24N2O2S. The SMILES string of the molecule is O=C(NCCSc1ccccc1)N[C@H]1CCO[C@H](C2CC2)C1. The summed E-state index contributed by atoms with van der Waals surface area (Å²) in [4.78, 5) is 13.2. The van der Waals surface area contributed by atoms with Gasteiger partial charge in [0, 0.05) is 29.8 Å². The predicted molar refractivity (Wildman–Crippen MR) is 89.2 cm³/mol. The van der Waals surface area contributed by atoms with Crippen molar-refractivity contribution in [3.8, 4) is 0 Å². The molecule has 0 spiro atoms. The van der Waals surface area contributed by atoms with E-state index in [1.807, 2.05) is 18.2 Å². The minimum atomic E-state index is -0.0462. The summed E-state index contributed by atoms with van der Waals surface area (Å²) in [6.07, 6.45) is 4.85. The predicted octanol–water partition coefficient (Wildman–Crippen LogP) is 3.04. The van der Waals surface area contributed by atoms with Crippen LogP contribution in [0.3, 0.4) is 0 Å². The van der Waals surface area contributed by atoms with Crippen LogP contribution in [0.15, 0.2) is 35.2 Å². The highest BCUT2D eigenvalue weighted by Crippen LogP contribution is 2.38. The molecule has 1 saturated heterocycles. The molecule has 4 nitrogen and oxygen atoms in total. The number of carbonyl (C=O) groups is 1. The van der Waals surface area contributed by atoms with Crippen LogP contribution in [0, 0.1) is 5.92 Å². The summed E-state index contributed by atoms with van der Waals surface area (Å²) in [5, 5.41) is 6.04. The molecule has 1 aromatic rings. The average Bonchev–Trinajstić information content (AvgIpc) is 3.38.